The van der Waals surface area contributed by atoms with Gasteiger partial charge in [-0.15, -0.1) is 0 Å². The van der Waals surface area contributed by atoms with Gasteiger partial charge in [0.25, 0.3) is 0 Å². The molecule has 0 radical (unpaired) electrons. The number of rotatable bonds is 0. The highest BCUT2D eigenvalue weighted by atomic mass is 79.9. The van der Waals surface area contributed by atoms with Gasteiger partial charge >= 0.3 is 0 Å². The van der Waals surface area contributed by atoms with Crippen molar-refractivity contribution in [1.82, 2.24) is 0 Å². The third kappa shape index (κ3) is 0.780. The lowest BCUT2D eigenvalue weighted by molar-refractivity contribution is -0.118. The van der Waals surface area contributed by atoms with E-state index in [-0.39, 0.29) is 11.7 Å². The molecule has 4 heteroatoms. The van der Waals surface area contributed by atoms with Crippen LogP contribution in [0.2, 0.25) is 0 Å². The van der Waals surface area contributed by atoms with Crippen molar-refractivity contribution in [2.45, 2.75) is 18.3 Å². The summed E-state index contributed by atoms with van der Waals surface area (Å²) in [5.74, 6) is -0.298. The maximum Gasteiger partial charge on any atom is 0.247 e. The van der Waals surface area contributed by atoms with E-state index >= 15 is 0 Å². The van der Waals surface area contributed by atoms with Crippen molar-refractivity contribution >= 4 is 27.7 Å². The second-order valence-corrected chi connectivity index (χ2v) is 4.51. The van der Waals surface area contributed by atoms with Crippen LogP contribution in [0, 0.1) is 5.82 Å². The van der Waals surface area contributed by atoms with Crippen LogP contribution in [0.15, 0.2) is 18.2 Å². The van der Waals surface area contributed by atoms with Gasteiger partial charge in [-0.25, -0.2) is 8.32 Å². The molecule has 0 saturated heterocycles. The smallest absolute Gasteiger partial charge is 0.247 e. The highest BCUT2D eigenvalue weighted by Gasteiger charge is 2.60. The number of hydrogen-bond donors (Lipinski definition) is 0. The van der Waals surface area contributed by atoms with Crippen molar-refractivity contribution in [1.29, 1.82) is 0 Å². The van der Waals surface area contributed by atoms with Crippen molar-refractivity contribution in [3.05, 3.63) is 29.6 Å². The summed E-state index contributed by atoms with van der Waals surface area (Å²) in [5, 5.41) is 0. The Kier molecular flexibility index (Phi) is 1.42. The predicted octanol–water partition coefficient (Wildman–Crippen LogP) is 2.51. The highest BCUT2D eigenvalue weighted by Crippen LogP contribution is 2.58. The third-order valence-electron chi connectivity index (χ3n) is 3.02. The maximum atomic E-state index is 13.6. The number of hydrogen-bond acceptors (Lipinski definition) is 1. The Morgan fingerprint density at radius 1 is 1.43 bits per heavy atom. The van der Waals surface area contributed by atoms with Gasteiger partial charge < -0.3 is 0 Å². The summed E-state index contributed by atoms with van der Waals surface area (Å²) < 4.78 is 15.0. The summed E-state index contributed by atoms with van der Waals surface area (Å²) >= 11 is 3.17. The molecule has 3 rings (SSSR count). The van der Waals surface area contributed by atoms with Crippen LogP contribution in [0.1, 0.15) is 18.4 Å². The number of nitrogens with zero attached hydrogens (tertiary/aromatic N) is 1. The number of fused-ring (bicyclic) bond motifs is 2. The van der Waals surface area contributed by atoms with Crippen LogP contribution in [-0.2, 0) is 10.2 Å². The molecule has 1 aromatic rings. The molecule has 1 spiro atoms. The van der Waals surface area contributed by atoms with Gasteiger partial charge in [-0.1, -0.05) is 6.07 Å². The lowest BCUT2D eigenvalue weighted by Gasteiger charge is -2.05. The number of carbonyl (C=O) groups excluding carboxylic acids is 1. The molecule has 0 bridgehead atoms. The third-order valence-corrected chi connectivity index (χ3v) is 3.72. The molecule has 1 fully saturated rings. The summed E-state index contributed by atoms with van der Waals surface area (Å²) in [6.07, 6.45) is 1.53. The predicted molar refractivity (Wildman–Crippen MR) is 53.7 cm³/mol. The van der Waals surface area contributed by atoms with Crippen molar-refractivity contribution in [2.24, 2.45) is 0 Å². The number of amides is 1. The van der Waals surface area contributed by atoms with Gasteiger partial charge in [0.15, 0.2) is 0 Å². The van der Waals surface area contributed by atoms with Gasteiger partial charge in [0.2, 0.25) is 5.91 Å². The lowest BCUT2D eigenvalue weighted by Crippen LogP contribution is -2.23. The van der Waals surface area contributed by atoms with E-state index in [0.717, 1.165) is 12.8 Å². The van der Waals surface area contributed by atoms with E-state index in [2.05, 4.69) is 16.1 Å². The summed E-state index contributed by atoms with van der Waals surface area (Å²) in [4.78, 5) is 11.8. The van der Waals surface area contributed by atoms with Gasteiger partial charge in [0.1, 0.15) is 5.82 Å². The molecule has 1 aliphatic heterocycles. The molecular weight excluding hydrogens is 249 g/mol. The molecule has 1 saturated carbocycles. The Balaban J connectivity index is 2.32. The van der Waals surface area contributed by atoms with Gasteiger partial charge in [0.05, 0.1) is 27.2 Å². The van der Waals surface area contributed by atoms with Crippen molar-refractivity contribution < 1.29 is 9.18 Å². The molecular formula is C10H7BrFNO. The van der Waals surface area contributed by atoms with Gasteiger partial charge in [-0.3, -0.25) is 4.79 Å². The second kappa shape index (κ2) is 2.37. The highest BCUT2D eigenvalue weighted by molar-refractivity contribution is 9.10. The number of benzene rings is 1. The van der Waals surface area contributed by atoms with Gasteiger partial charge in [0, 0.05) is 5.56 Å². The van der Waals surface area contributed by atoms with Gasteiger partial charge in [-0.2, -0.15) is 0 Å². The molecule has 0 aromatic heterocycles. The molecule has 0 atom stereocenters. The molecule has 0 unspecified atom stereocenters. The second-order valence-electron chi connectivity index (χ2n) is 3.80. The summed E-state index contributed by atoms with van der Waals surface area (Å²) in [6, 6.07) is 4.80. The zero-order valence-electron chi connectivity index (χ0n) is 7.26. The molecule has 1 heterocycles. The molecule has 1 amide bonds. The van der Waals surface area contributed by atoms with E-state index in [1.807, 2.05) is 0 Å². The van der Waals surface area contributed by atoms with E-state index in [1.54, 1.807) is 12.1 Å². The van der Waals surface area contributed by atoms with Crippen LogP contribution in [-0.4, -0.2) is 5.91 Å². The van der Waals surface area contributed by atoms with Crippen LogP contribution in [0.25, 0.3) is 0 Å². The first-order chi connectivity index (χ1) is 6.67. The average molecular weight is 256 g/mol. The van der Waals surface area contributed by atoms with Crippen LogP contribution in [0.3, 0.4) is 0 Å². The zero-order chi connectivity index (χ0) is 9.92. The van der Waals surface area contributed by atoms with Crippen LogP contribution >= 0.6 is 16.1 Å². The molecule has 0 N–H and O–H groups in total. The Bertz CT molecular complexity index is 442. The fourth-order valence-electron chi connectivity index (χ4n) is 2.14. The minimum absolute atomic E-state index is 0.0300. The SMILES string of the molecule is O=C1N(Br)c2cccc(F)c2C12CC2. The quantitative estimate of drug-likeness (QED) is 0.653. The summed E-state index contributed by atoms with van der Waals surface area (Å²) in [7, 11) is 0. The average Bonchev–Trinajstić information content (AvgIpc) is 2.92. The number of halogens is 2. The minimum atomic E-state index is -0.538. The zero-order valence-corrected chi connectivity index (χ0v) is 8.84. The molecule has 2 aliphatic rings. The largest absolute Gasteiger partial charge is 0.273 e. The lowest BCUT2D eigenvalue weighted by atomic mass is 9.97. The molecule has 14 heavy (non-hydrogen) atoms. The van der Waals surface area contributed by atoms with E-state index in [1.165, 1.54) is 9.99 Å². The van der Waals surface area contributed by atoms with E-state index < -0.39 is 5.41 Å². The molecule has 1 aliphatic carbocycles. The normalized spacial score (nSPS) is 21.6. The molecule has 2 nitrogen and oxygen atoms in total. The van der Waals surface area contributed by atoms with Crippen molar-refractivity contribution in [3.63, 3.8) is 0 Å². The standard InChI is InChI=1S/C10H7BrFNO/c11-13-7-3-1-2-6(12)8(7)10(4-5-10)9(13)14/h1-3H,4-5H2. The van der Waals surface area contributed by atoms with E-state index in [4.69, 9.17) is 0 Å². The van der Waals surface area contributed by atoms with Crippen molar-refractivity contribution in [3.8, 4) is 0 Å². The summed E-state index contributed by atoms with van der Waals surface area (Å²) in [6.45, 7) is 0. The Hall–Kier alpha value is -0.900. The topological polar surface area (TPSA) is 20.3 Å². The van der Waals surface area contributed by atoms with Crippen molar-refractivity contribution in [2.75, 3.05) is 3.93 Å². The number of carbonyl (C=O) groups is 1. The van der Waals surface area contributed by atoms with E-state index in [0.29, 0.717) is 11.3 Å². The van der Waals surface area contributed by atoms with Crippen LogP contribution in [0.5, 0.6) is 0 Å². The summed E-state index contributed by atoms with van der Waals surface area (Å²) in [5.41, 5.74) is 0.693. The monoisotopic (exact) mass is 255 g/mol. The molecule has 72 valence electrons. The van der Waals surface area contributed by atoms with E-state index in [9.17, 15) is 9.18 Å². The minimum Gasteiger partial charge on any atom is -0.273 e. The Labute approximate surface area is 89.0 Å². The maximum absolute atomic E-state index is 13.6. The van der Waals surface area contributed by atoms with Crippen LogP contribution in [0.4, 0.5) is 10.1 Å². The first kappa shape index (κ1) is 8.41. The fraction of sp³-hybridized carbons (Fsp3) is 0.300. The van der Waals surface area contributed by atoms with Gasteiger partial charge in [-0.05, 0) is 25.0 Å². The Morgan fingerprint density at radius 3 is 2.79 bits per heavy atom. The molecule has 1 aromatic carbocycles. The first-order valence-electron chi connectivity index (χ1n) is 4.46. The fourth-order valence-corrected chi connectivity index (χ4v) is 2.78. The number of anilines is 1. The van der Waals surface area contributed by atoms with Crippen LogP contribution < -0.4 is 3.93 Å². The first-order valence-corrected chi connectivity index (χ1v) is 5.17. The Morgan fingerprint density at radius 2 is 2.14 bits per heavy atom.